The molecule has 0 aromatic heterocycles. The summed E-state index contributed by atoms with van der Waals surface area (Å²) in [5.74, 6) is 2.05. The van der Waals surface area contributed by atoms with Crippen LogP contribution in [-0.2, 0) is 0 Å². The minimum Gasteiger partial charge on any atom is -0.312 e. The lowest BCUT2D eigenvalue weighted by Gasteiger charge is -2.37. The summed E-state index contributed by atoms with van der Waals surface area (Å²) in [6.45, 7) is 6.39. The molecular formula is C14H26N2. The molecular weight excluding hydrogens is 196 g/mol. The number of likely N-dealkylation sites (tertiary alicyclic amines) is 1. The first-order valence-corrected chi connectivity index (χ1v) is 7.30. The second-order valence-corrected chi connectivity index (χ2v) is 6.26. The molecule has 1 saturated heterocycles. The highest BCUT2D eigenvalue weighted by atomic mass is 15.2. The van der Waals surface area contributed by atoms with E-state index in [1.807, 2.05) is 0 Å². The van der Waals surface area contributed by atoms with Crippen molar-refractivity contribution in [3.63, 3.8) is 0 Å². The fraction of sp³-hybridized carbons (Fsp3) is 1.00. The van der Waals surface area contributed by atoms with Crippen LogP contribution in [0.15, 0.2) is 0 Å². The number of nitrogens with one attached hydrogen (secondary N) is 1. The first kappa shape index (κ1) is 11.0. The Morgan fingerprint density at radius 3 is 2.69 bits per heavy atom. The standard InChI is InChI=1S/C14H26N2/c1-11(13-6-7-13)16-8-2-3-14(10-16)15-9-12-4-5-12/h11-15H,2-10H2,1H3. The van der Waals surface area contributed by atoms with Crippen LogP contribution in [0.2, 0.25) is 0 Å². The fourth-order valence-corrected chi connectivity index (χ4v) is 3.08. The Morgan fingerprint density at radius 2 is 2.00 bits per heavy atom. The molecule has 92 valence electrons. The van der Waals surface area contributed by atoms with Gasteiger partial charge in [0.25, 0.3) is 0 Å². The summed E-state index contributed by atoms with van der Waals surface area (Å²) in [6.07, 6.45) is 8.72. The Morgan fingerprint density at radius 1 is 1.19 bits per heavy atom. The van der Waals surface area contributed by atoms with Gasteiger partial charge in [0.1, 0.15) is 0 Å². The van der Waals surface area contributed by atoms with E-state index in [9.17, 15) is 0 Å². The molecule has 1 heterocycles. The van der Waals surface area contributed by atoms with Crippen molar-refractivity contribution in [2.45, 2.75) is 57.5 Å². The second kappa shape index (κ2) is 4.66. The van der Waals surface area contributed by atoms with Crippen LogP contribution in [0.1, 0.15) is 45.4 Å². The van der Waals surface area contributed by atoms with E-state index in [1.165, 1.54) is 58.2 Å². The lowest BCUT2D eigenvalue weighted by atomic mass is 10.0. The fourth-order valence-electron chi connectivity index (χ4n) is 3.08. The molecule has 3 aliphatic rings. The SMILES string of the molecule is CC(C1CC1)N1CCCC(NCC2CC2)C1. The molecule has 0 radical (unpaired) electrons. The summed E-state index contributed by atoms with van der Waals surface area (Å²) in [6, 6.07) is 1.64. The van der Waals surface area contributed by atoms with E-state index in [2.05, 4.69) is 17.1 Å². The van der Waals surface area contributed by atoms with Gasteiger partial charge < -0.3 is 5.32 Å². The third-order valence-electron chi connectivity index (χ3n) is 4.73. The maximum Gasteiger partial charge on any atom is 0.0195 e. The van der Waals surface area contributed by atoms with Crippen LogP contribution < -0.4 is 5.32 Å². The molecule has 0 bridgehead atoms. The van der Waals surface area contributed by atoms with Gasteiger partial charge in [0.05, 0.1) is 0 Å². The molecule has 3 fully saturated rings. The average Bonchev–Trinajstić information content (AvgIpc) is 3.18. The topological polar surface area (TPSA) is 15.3 Å². The van der Waals surface area contributed by atoms with E-state index in [0.29, 0.717) is 0 Å². The normalized spacial score (nSPS) is 33.9. The third kappa shape index (κ3) is 2.78. The maximum atomic E-state index is 3.79. The van der Waals surface area contributed by atoms with Gasteiger partial charge in [-0.2, -0.15) is 0 Å². The quantitative estimate of drug-likeness (QED) is 0.767. The molecule has 2 nitrogen and oxygen atoms in total. The van der Waals surface area contributed by atoms with Crippen molar-refractivity contribution in [1.29, 1.82) is 0 Å². The highest BCUT2D eigenvalue weighted by molar-refractivity contribution is 4.89. The minimum absolute atomic E-state index is 0.788. The zero-order chi connectivity index (χ0) is 11.0. The summed E-state index contributed by atoms with van der Waals surface area (Å²) < 4.78 is 0. The van der Waals surface area contributed by atoms with Crippen molar-refractivity contribution in [3.05, 3.63) is 0 Å². The highest BCUT2D eigenvalue weighted by Gasteiger charge is 2.34. The lowest BCUT2D eigenvalue weighted by molar-refractivity contribution is 0.132. The number of hydrogen-bond acceptors (Lipinski definition) is 2. The molecule has 2 saturated carbocycles. The maximum absolute atomic E-state index is 3.79. The van der Waals surface area contributed by atoms with Crippen LogP contribution in [-0.4, -0.2) is 36.6 Å². The van der Waals surface area contributed by atoms with Crippen molar-refractivity contribution >= 4 is 0 Å². The largest absolute Gasteiger partial charge is 0.312 e. The lowest BCUT2D eigenvalue weighted by Crippen LogP contribution is -2.49. The molecule has 2 unspecified atom stereocenters. The Kier molecular flexibility index (Phi) is 3.21. The molecule has 2 atom stereocenters. The molecule has 0 aromatic rings. The van der Waals surface area contributed by atoms with Crippen molar-refractivity contribution < 1.29 is 0 Å². The van der Waals surface area contributed by atoms with E-state index in [4.69, 9.17) is 0 Å². The van der Waals surface area contributed by atoms with Crippen molar-refractivity contribution in [2.24, 2.45) is 11.8 Å². The zero-order valence-electron chi connectivity index (χ0n) is 10.6. The Bertz CT molecular complexity index is 233. The smallest absolute Gasteiger partial charge is 0.0195 e. The van der Waals surface area contributed by atoms with Crippen molar-refractivity contribution in [3.8, 4) is 0 Å². The van der Waals surface area contributed by atoms with Gasteiger partial charge in [0.2, 0.25) is 0 Å². The van der Waals surface area contributed by atoms with Gasteiger partial charge in [0.15, 0.2) is 0 Å². The monoisotopic (exact) mass is 222 g/mol. The number of hydrogen-bond donors (Lipinski definition) is 1. The van der Waals surface area contributed by atoms with Gasteiger partial charge in [-0.3, -0.25) is 4.90 Å². The van der Waals surface area contributed by atoms with Gasteiger partial charge in [-0.25, -0.2) is 0 Å². The second-order valence-electron chi connectivity index (χ2n) is 6.26. The van der Waals surface area contributed by atoms with E-state index in [-0.39, 0.29) is 0 Å². The minimum atomic E-state index is 0.788. The van der Waals surface area contributed by atoms with E-state index in [0.717, 1.165) is 23.9 Å². The van der Waals surface area contributed by atoms with Gasteiger partial charge >= 0.3 is 0 Å². The highest BCUT2D eigenvalue weighted by Crippen LogP contribution is 2.36. The summed E-state index contributed by atoms with van der Waals surface area (Å²) >= 11 is 0. The van der Waals surface area contributed by atoms with Gasteiger partial charge in [0, 0.05) is 18.6 Å². The summed E-state index contributed by atoms with van der Waals surface area (Å²) in [7, 11) is 0. The molecule has 1 N–H and O–H groups in total. The van der Waals surface area contributed by atoms with Crippen LogP contribution in [0, 0.1) is 11.8 Å². The number of piperidine rings is 1. The molecule has 0 spiro atoms. The molecule has 2 aliphatic carbocycles. The predicted molar refractivity (Wildman–Crippen MR) is 67.5 cm³/mol. The summed E-state index contributed by atoms with van der Waals surface area (Å²) in [5.41, 5.74) is 0. The molecule has 2 heteroatoms. The van der Waals surface area contributed by atoms with Gasteiger partial charge in [-0.05, 0) is 70.4 Å². The summed E-state index contributed by atoms with van der Waals surface area (Å²) in [4.78, 5) is 2.74. The summed E-state index contributed by atoms with van der Waals surface area (Å²) in [5, 5.41) is 3.79. The van der Waals surface area contributed by atoms with Crippen LogP contribution >= 0.6 is 0 Å². The third-order valence-corrected chi connectivity index (χ3v) is 4.73. The molecule has 0 amide bonds. The first-order chi connectivity index (χ1) is 7.83. The number of nitrogens with zero attached hydrogens (tertiary/aromatic N) is 1. The van der Waals surface area contributed by atoms with Crippen LogP contribution in [0.3, 0.4) is 0 Å². The number of rotatable bonds is 5. The van der Waals surface area contributed by atoms with E-state index < -0.39 is 0 Å². The van der Waals surface area contributed by atoms with E-state index >= 15 is 0 Å². The van der Waals surface area contributed by atoms with Gasteiger partial charge in [-0.15, -0.1) is 0 Å². The van der Waals surface area contributed by atoms with E-state index in [1.54, 1.807) is 0 Å². The van der Waals surface area contributed by atoms with Crippen LogP contribution in [0.4, 0.5) is 0 Å². The zero-order valence-corrected chi connectivity index (χ0v) is 10.6. The Hall–Kier alpha value is -0.0800. The van der Waals surface area contributed by atoms with Crippen LogP contribution in [0.5, 0.6) is 0 Å². The molecule has 16 heavy (non-hydrogen) atoms. The van der Waals surface area contributed by atoms with Gasteiger partial charge in [-0.1, -0.05) is 0 Å². The van der Waals surface area contributed by atoms with Crippen molar-refractivity contribution in [1.82, 2.24) is 10.2 Å². The Labute approximate surface area is 99.8 Å². The molecule has 3 rings (SSSR count). The molecule has 1 aliphatic heterocycles. The Balaban J connectivity index is 1.44. The first-order valence-electron chi connectivity index (χ1n) is 7.30. The molecule has 0 aromatic carbocycles. The van der Waals surface area contributed by atoms with Crippen LogP contribution in [0.25, 0.3) is 0 Å². The predicted octanol–water partition coefficient (Wildman–Crippen LogP) is 2.25. The average molecular weight is 222 g/mol. The van der Waals surface area contributed by atoms with Crippen molar-refractivity contribution in [2.75, 3.05) is 19.6 Å².